The second kappa shape index (κ2) is 14.1. The van der Waals surface area contributed by atoms with E-state index >= 15 is 0 Å². The Morgan fingerprint density at radius 3 is 2.17 bits per heavy atom. The molecule has 4 aromatic rings. The maximum Gasteiger partial charge on any atom is 0.251 e. The predicted molar refractivity (Wildman–Crippen MR) is 163 cm³/mol. The molecule has 4 rings (SSSR count). The van der Waals surface area contributed by atoms with E-state index in [0.717, 1.165) is 33.9 Å². The number of rotatable bonds is 13. The number of sulfonamides is 1. The summed E-state index contributed by atoms with van der Waals surface area (Å²) in [6, 6.07) is 32.3. The van der Waals surface area contributed by atoms with Gasteiger partial charge in [0, 0.05) is 15.4 Å². The molecule has 0 spiro atoms. The van der Waals surface area contributed by atoms with Gasteiger partial charge in [-0.1, -0.05) is 79.7 Å². The first-order chi connectivity index (χ1) is 19.3. The highest BCUT2D eigenvalue weighted by molar-refractivity contribution is 7.99. The summed E-state index contributed by atoms with van der Waals surface area (Å²) >= 11 is 1.52. The zero-order valence-corrected chi connectivity index (χ0v) is 24.4. The van der Waals surface area contributed by atoms with E-state index in [1.807, 2.05) is 66.7 Å². The summed E-state index contributed by atoms with van der Waals surface area (Å²) in [7, 11) is -3.57. The average Bonchev–Trinajstić information content (AvgIpc) is 2.96. The highest BCUT2D eigenvalue weighted by Gasteiger charge is 2.21. The molecule has 4 aromatic carbocycles. The second-order valence-corrected chi connectivity index (χ2v) is 12.4. The van der Waals surface area contributed by atoms with Crippen molar-refractivity contribution in [3.63, 3.8) is 0 Å². The van der Waals surface area contributed by atoms with Crippen LogP contribution in [0.3, 0.4) is 0 Å². The Kier molecular flexibility index (Phi) is 10.3. The molecule has 0 fully saturated rings. The van der Waals surface area contributed by atoms with Gasteiger partial charge >= 0.3 is 0 Å². The fourth-order valence-corrected chi connectivity index (χ4v) is 6.08. The van der Waals surface area contributed by atoms with Gasteiger partial charge in [-0.15, -0.1) is 0 Å². The van der Waals surface area contributed by atoms with Crippen LogP contribution in [-0.2, 0) is 23.0 Å². The normalized spacial score (nSPS) is 11.2. The van der Waals surface area contributed by atoms with E-state index in [1.165, 1.54) is 27.9 Å². The third kappa shape index (κ3) is 8.37. The molecule has 0 atom stereocenters. The topological polar surface area (TPSA) is 75.7 Å². The van der Waals surface area contributed by atoms with Crippen molar-refractivity contribution in [1.29, 1.82) is 0 Å². The summed E-state index contributed by atoms with van der Waals surface area (Å²) in [5.41, 5.74) is 3.16. The predicted octanol–water partition coefficient (Wildman–Crippen LogP) is 6.57. The summed E-state index contributed by atoms with van der Waals surface area (Å²) in [4.78, 5) is 14.5. The van der Waals surface area contributed by atoms with Crippen molar-refractivity contribution in [3.05, 3.63) is 120 Å². The molecule has 6 nitrogen and oxygen atoms in total. The van der Waals surface area contributed by atoms with Crippen LogP contribution in [0.15, 0.2) is 113 Å². The lowest BCUT2D eigenvalue weighted by atomic mass is 10.1. The monoisotopic (exact) mass is 574 g/mol. The maximum atomic E-state index is 12.9. The van der Waals surface area contributed by atoms with Gasteiger partial charge in [0.25, 0.3) is 5.91 Å². The van der Waals surface area contributed by atoms with Crippen molar-refractivity contribution >= 4 is 33.4 Å². The van der Waals surface area contributed by atoms with E-state index in [0.29, 0.717) is 24.4 Å². The number of nitrogens with one attached hydrogen (secondary N) is 1. The van der Waals surface area contributed by atoms with Crippen LogP contribution in [0.2, 0.25) is 0 Å². The highest BCUT2D eigenvalue weighted by atomic mass is 32.2. The van der Waals surface area contributed by atoms with Gasteiger partial charge < -0.3 is 10.1 Å². The summed E-state index contributed by atoms with van der Waals surface area (Å²) in [6.45, 7) is 3.03. The van der Waals surface area contributed by atoms with Crippen LogP contribution in [-0.4, -0.2) is 33.7 Å². The van der Waals surface area contributed by atoms with Gasteiger partial charge in [0.1, 0.15) is 12.4 Å². The molecule has 0 saturated heterocycles. The highest BCUT2D eigenvalue weighted by Crippen LogP contribution is 2.36. The summed E-state index contributed by atoms with van der Waals surface area (Å²) in [5, 5.41) is 2.87. The summed E-state index contributed by atoms with van der Waals surface area (Å²) in [6.07, 6.45) is 3.35. The lowest BCUT2D eigenvalue weighted by molar-refractivity contribution is 0.0947. The fraction of sp³-hybridized carbons (Fsp3) is 0.219. The molecule has 0 unspecified atom stereocenters. The number of hydrogen-bond acceptors (Lipinski definition) is 5. The number of carbonyl (C=O) groups excluding carboxylic acids is 1. The van der Waals surface area contributed by atoms with Crippen LogP contribution in [0.5, 0.6) is 5.75 Å². The smallest absolute Gasteiger partial charge is 0.251 e. The summed E-state index contributed by atoms with van der Waals surface area (Å²) in [5.74, 6) is 0.565. The molecular weight excluding hydrogens is 540 g/mol. The van der Waals surface area contributed by atoms with Gasteiger partial charge in [-0.05, 0) is 66.1 Å². The van der Waals surface area contributed by atoms with Crippen LogP contribution in [0.4, 0.5) is 5.69 Å². The number of ether oxygens (including phenoxy) is 1. The number of para-hydroxylation sites is 1. The zero-order chi connectivity index (χ0) is 28.4. The minimum absolute atomic E-state index is 0.151. The summed E-state index contributed by atoms with van der Waals surface area (Å²) < 4.78 is 32.8. The minimum atomic E-state index is -3.57. The molecular formula is C32H34N2O4S2. The SMILES string of the molecule is CCCc1ccc(OCCNC(=O)c2ccc(CN(c3ccccc3Sc3ccccc3)S(C)(=O)=O)cc2)cc1. The van der Waals surface area contributed by atoms with Crippen molar-refractivity contribution in [2.75, 3.05) is 23.7 Å². The van der Waals surface area contributed by atoms with Gasteiger partial charge in [-0.3, -0.25) is 9.10 Å². The molecule has 0 saturated carbocycles. The van der Waals surface area contributed by atoms with Crippen molar-refractivity contribution in [2.24, 2.45) is 0 Å². The molecule has 1 amide bonds. The molecule has 208 valence electrons. The Bertz CT molecular complexity index is 1490. The largest absolute Gasteiger partial charge is 0.492 e. The van der Waals surface area contributed by atoms with E-state index in [2.05, 4.69) is 24.4 Å². The lowest BCUT2D eigenvalue weighted by Crippen LogP contribution is -2.30. The van der Waals surface area contributed by atoms with Crippen LogP contribution in [0.25, 0.3) is 0 Å². The first-order valence-electron chi connectivity index (χ1n) is 13.2. The van der Waals surface area contributed by atoms with Gasteiger partial charge in [0.15, 0.2) is 0 Å². The standard InChI is InChI=1S/C32H34N2O4S2/c1-3-9-25-16-20-28(21-17-25)38-23-22-33-32(35)27-18-14-26(15-19-27)24-34(40(2,36)37)30-12-7-8-13-31(30)39-29-10-5-4-6-11-29/h4-8,10-21H,3,9,22-24H2,1-2H3,(H,33,35). The Morgan fingerprint density at radius 2 is 1.50 bits per heavy atom. The molecule has 0 bridgehead atoms. The van der Waals surface area contributed by atoms with Crippen LogP contribution < -0.4 is 14.4 Å². The van der Waals surface area contributed by atoms with Crippen molar-refractivity contribution in [3.8, 4) is 5.75 Å². The third-order valence-corrected chi connectivity index (χ3v) is 8.37. The molecule has 8 heteroatoms. The quantitative estimate of drug-likeness (QED) is 0.183. The molecule has 40 heavy (non-hydrogen) atoms. The van der Waals surface area contributed by atoms with E-state index in [1.54, 1.807) is 24.3 Å². The average molecular weight is 575 g/mol. The first-order valence-corrected chi connectivity index (χ1v) is 15.9. The van der Waals surface area contributed by atoms with Gasteiger partial charge in [-0.2, -0.15) is 0 Å². The van der Waals surface area contributed by atoms with E-state index in [9.17, 15) is 13.2 Å². The van der Waals surface area contributed by atoms with E-state index in [4.69, 9.17) is 4.74 Å². The molecule has 1 N–H and O–H groups in total. The van der Waals surface area contributed by atoms with Gasteiger partial charge in [-0.25, -0.2) is 8.42 Å². The van der Waals surface area contributed by atoms with E-state index < -0.39 is 10.0 Å². The number of anilines is 1. The Hall–Kier alpha value is -3.75. The second-order valence-electron chi connectivity index (χ2n) is 9.35. The zero-order valence-electron chi connectivity index (χ0n) is 22.7. The third-order valence-electron chi connectivity index (χ3n) is 6.17. The molecule has 0 aliphatic rings. The van der Waals surface area contributed by atoms with Crippen LogP contribution >= 0.6 is 11.8 Å². The number of nitrogens with zero attached hydrogens (tertiary/aromatic N) is 1. The minimum Gasteiger partial charge on any atom is -0.492 e. The molecule has 0 heterocycles. The number of carbonyl (C=O) groups is 1. The number of benzene rings is 4. The Balaban J connectivity index is 1.36. The molecule has 0 aliphatic carbocycles. The molecule has 0 aliphatic heterocycles. The molecule has 0 aromatic heterocycles. The van der Waals surface area contributed by atoms with Crippen molar-refractivity contribution in [1.82, 2.24) is 5.32 Å². The van der Waals surface area contributed by atoms with Crippen molar-refractivity contribution in [2.45, 2.75) is 36.1 Å². The van der Waals surface area contributed by atoms with Crippen LogP contribution in [0.1, 0.15) is 34.8 Å². The Labute approximate surface area is 241 Å². The van der Waals surface area contributed by atoms with Gasteiger partial charge in [0.2, 0.25) is 10.0 Å². The van der Waals surface area contributed by atoms with E-state index in [-0.39, 0.29) is 12.5 Å². The van der Waals surface area contributed by atoms with Crippen molar-refractivity contribution < 1.29 is 17.9 Å². The van der Waals surface area contributed by atoms with Crippen LogP contribution in [0, 0.1) is 0 Å². The Morgan fingerprint density at radius 1 is 0.850 bits per heavy atom. The lowest BCUT2D eigenvalue weighted by Gasteiger charge is -2.25. The first kappa shape index (κ1) is 29.2. The number of amides is 1. The van der Waals surface area contributed by atoms with Gasteiger partial charge in [0.05, 0.1) is 25.0 Å². The molecule has 0 radical (unpaired) electrons. The fourth-order valence-electron chi connectivity index (χ4n) is 4.15. The number of hydrogen-bond donors (Lipinski definition) is 1. The maximum absolute atomic E-state index is 12.9. The number of aryl methyl sites for hydroxylation is 1.